The maximum Gasteiger partial charge on any atom is 0.0651 e. The topological polar surface area (TPSA) is 38.0 Å². The molecule has 0 radical (unpaired) electrons. The smallest absolute Gasteiger partial charge is 0.0651 e. The van der Waals surface area contributed by atoms with Gasteiger partial charge in [-0.25, -0.2) is 0 Å². The largest absolute Gasteiger partial charge is 0.377 e. The molecule has 0 amide bonds. The van der Waals surface area contributed by atoms with Gasteiger partial charge in [0.15, 0.2) is 0 Å². The molecule has 0 aliphatic carbocycles. The van der Waals surface area contributed by atoms with Crippen molar-refractivity contribution in [3.63, 3.8) is 0 Å². The minimum atomic E-state index is -0.0569. The molecule has 0 heterocycles. The van der Waals surface area contributed by atoms with Gasteiger partial charge in [-0.1, -0.05) is 53.5 Å². The Morgan fingerprint density at radius 2 is 1.72 bits per heavy atom. The van der Waals surface area contributed by atoms with Crippen LogP contribution in [-0.4, -0.2) is 6.54 Å². The van der Waals surface area contributed by atoms with Gasteiger partial charge < -0.3 is 11.1 Å². The van der Waals surface area contributed by atoms with Crippen molar-refractivity contribution >= 4 is 28.9 Å². The fourth-order valence-electron chi connectivity index (χ4n) is 1.79. The summed E-state index contributed by atoms with van der Waals surface area (Å²) in [6, 6.07) is 15.4. The molecule has 0 aliphatic rings. The summed E-state index contributed by atoms with van der Waals surface area (Å²) in [5.74, 6) is 0. The van der Waals surface area contributed by atoms with Gasteiger partial charge in [0.2, 0.25) is 0 Å². The highest BCUT2D eigenvalue weighted by atomic mass is 35.5. The van der Waals surface area contributed by atoms with Crippen LogP contribution in [-0.2, 0) is 0 Å². The SMILES string of the molecule is NCC(Nc1ccccc1)c1cccc(Cl)c1Cl. The molecule has 2 nitrogen and oxygen atoms in total. The highest BCUT2D eigenvalue weighted by molar-refractivity contribution is 6.42. The number of halogens is 2. The van der Waals surface area contributed by atoms with Gasteiger partial charge in [0.05, 0.1) is 16.1 Å². The highest BCUT2D eigenvalue weighted by Gasteiger charge is 2.14. The maximum absolute atomic E-state index is 6.21. The average Bonchev–Trinajstić information content (AvgIpc) is 2.41. The van der Waals surface area contributed by atoms with Crippen molar-refractivity contribution in [3.05, 3.63) is 64.1 Å². The molecule has 3 N–H and O–H groups in total. The van der Waals surface area contributed by atoms with Crippen LogP contribution in [0.4, 0.5) is 5.69 Å². The molecule has 0 fully saturated rings. The van der Waals surface area contributed by atoms with Crippen molar-refractivity contribution in [2.45, 2.75) is 6.04 Å². The third-order valence-corrected chi connectivity index (χ3v) is 3.54. The summed E-state index contributed by atoms with van der Waals surface area (Å²) in [5.41, 5.74) is 7.72. The lowest BCUT2D eigenvalue weighted by Crippen LogP contribution is -2.20. The molecule has 2 aromatic rings. The van der Waals surface area contributed by atoms with E-state index in [2.05, 4.69) is 5.32 Å². The van der Waals surface area contributed by atoms with Crippen molar-refractivity contribution in [1.29, 1.82) is 0 Å². The Morgan fingerprint density at radius 3 is 2.39 bits per heavy atom. The molecule has 4 heteroatoms. The third kappa shape index (κ3) is 2.96. The van der Waals surface area contributed by atoms with E-state index in [1.165, 1.54) is 0 Å². The summed E-state index contributed by atoms with van der Waals surface area (Å²) in [6.07, 6.45) is 0. The van der Waals surface area contributed by atoms with Crippen molar-refractivity contribution in [3.8, 4) is 0 Å². The number of benzene rings is 2. The van der Waals surface area contributed by atoms with Gasteiger partial charge in [-0.05, 0) is 23.8 Å². The summed E-state index contributed by atoms with van der Waals surface area (Å²) in [6.45, 7) is 0.439. The molecule has 0 spiro atoms. The van der Waals surface area contributed by atoms with Crippen molar-refractivity contribution in [1.82, 2.24) is 0 Å². The van der Waals surface area contributed by atoms with E-state index >= 15 is 0 Å². The number of para-hydroxylation sites is 1. The van der Waals surface area contributed by atoms with Gasteiger partial charge in [0.1, 0.15) is 0 Å². The van der Waals surface area contributed by atoms with E-state index < -0.39 is 0 Å². The first-order valence-electron chi connectivity index (χ1n) is 5.68. The van der Waals surface area contributed by atoms with Gasteiger partial charge in [0, 0.05) is 12.2 Å². The fourth-order valence-corrected chi connectivity index (χ4v) is 2.23. The van der Waals surface area contributed by atoms with E-state index in [9.17, 15) is 0 Å². The summed E-state index contributed by atoms with van der Waals surface area (Å²) in [7, 11) is 0. The molecule has 0 aliphatic heterocycles. The minimum Gasteiger partial charge on any atom is -0.377 e. The van der Waals surface area contributed by atoms with Crippen LogP contribution in [0.5, 0.6) is 0 Å². The molecule has 1 atom stereocenters. The molecule has 0 bridgehead atoms. The van der Waals surface area contributed by atoms with Crippen molar-refractivity contribution in [2.24, 2.45) is 5.73 Å². The quantitative estimate of drug-likeness (QED) is 0.885. The molecule has 2 aromatic carbocycles. The highest BCUT2D eigenvalue weighted by Crippen LogP contribution is 2.31. The monoisotopic (exact) mass is 280 g/mol. The van der Waals surface area contributed by atoms with Gasteiger partial charge in [-0.15, -0.1) is 0 Å². The number of hydrogen-bond acceptors (Lipinski definition) is 2. The fraction of sp³-hybridized carbons (Fsp3) is 0.143. The van der Waals surface area contributed by atoms with E-state index in [0.717, 1.165) is 11.3 Å². The van der Waals surface area contributed by atoms with Gasteiger partial charge >= 0.3 is 0 Å². The first-order chi connectivity index (χ1) is 8.72. The Morgan fingerprint density at radius 1 is 1.00 bits per heavy atom. The van der Waals surface area contributed by atoms with Crippen LogP contribution in [0, 0.1) is 0 Å². The van der Waals surface area contributed by atoms with Crippen LogP contribution >= 0.6 is 23.2 Å². The molecule has 1 unspecified atom stereocenters. The van der Waals surface area contributed by atoms with Crippen molar-refractivity contribution < 1.29 is 0 Å². The molecule has 2 rings (SSSR count). The predicted molar refractivity (Wildman–Crippen MR) is 78.3 cm³/mol. The van der Waals surface area contributed by atoms with Gasteiger partial charge in [-0.3, -0.25) is 0 Å². The lowest BCUT2D eigenvalue weighted by molar-refractivity contribution is 0.790. The van der Waals surface area contributed by atoms with Crippen LogP contribution in [0.3, 0.4) is 0 Å². The van der Waals surface area contributed by atoms with E-state index in [4.69, 9.17) is 28.9 Å². The van der Waals surface area contributed by atoms with Crippen LogP contribution in [0.2, 0.25) is 10.0 Å². The summed E-state index contributed by atoms with van der Waals surface area (Å²) < 4.78 is 0. The normalized spacial score (nSPS) is 12.2. The Labute approximate surface area is 117 Å². The van der Waals surface area contributed by atoms with Crippen LogP contribution < -0.4 is 11.1 Å². The Hall–Kier alpha value is -1.22. The lowest BCUT2D eigenvalue weighted by atomic mass is 10.1. The second-order valence-corrected chi connectivity index (χ2v) is 4.73. The summed E-state index contributed by atoms with van der Waals surface area (Å²) in [5, 5.41) is 4.44. The van der Waals surface area contributed by atoms with E-state index in [0.29, 0.717) is 16.6 Å². The van der Waals surface area contributed by atoms with Crippen LogP contribution in [0.1, 0.15) is 11.6 Å². The Bertz CT molecular complexity index is 514. The van der Waals surface area contributed by atoms with Gasteiger partial charge in [0.25, 0.3) is 0 Å². The van der Waals surface area contributed by atoms with Crippen molar-refractivity contribution in [2.75, 3.05) is 11.9 Å². The molecule has 0 saturated carbocycles. The molecular formula is C14H14Cl2N2. The first-order valence-corrected chi connectivity index (χ1v) is 6.43. The zero-order valence-corrected chi connectivity index (χ0v) is 11.2. The second-order valence-electron chi connectivity index (χ2n) is 3.94. The lowest BCUT2D eigenvalue weighted by Gasteiger charge is -2.20. The zero-order valence-electron chi connectivity index (χ0n) is 9.74. The number of hydrogen-bond donors (Lipinski definition) is 2. The number of nitrogens with one attached hydrogen (secondary N) is 1. The second kappa shape index (κ2) is 6.10. The summed E-state index contributed by atoms with van der Waals surface area (Å²) in [4.78, 5) is 0. The molecular weight excluding hydrogens is 267 g/mol. The van der Waals surface area contributed by atoms with E-state index in [1.807, 2.05) is 42.5 Å². The van der Waals surface area contributed by atoms with E-state index in [1.54, 1.807) is 6.07 Å². The summed E-state index contributed by atoms with van der Waals surface area (Å²) >= 11 is 12.2. The maximum atomic E-state index is 6.21. The zero-order chi connectivity index (χ0) is 13.0. The Balaban J connectivity index is 2.26. The molecule has 0 saturated heterocycles. The predicted octanol–water partition coefficient (Wildman–Crippen LogP) is 4.11. The average molecular weight is 281 g/mol. The molecule has 0 aromatic heterocycles. The van der Waals surface area contributed by atoms with Crippen LogP contribution in [0.15, 0.2) is 48.5 Å². The van der Waals surface area contributed by atoms with E-state index in [-0.39, 0.29) is 6.04 Å². The third-order valence-electron chi connectivity index (χ3n) is 2.71. The first kappa shape index (κ1) is 13.2. The number of nitrogens with two attached hydrogens (primary N) is 1. The Kier molecular flexibility index (Phi) is 4.48. The van der Waals surface area contributed by atoms with Gasteiger partial charge in [-0.2, -0.15) is 0 Å². The number of rotatable bonds is 4. The molecule has 18 heavy (non-hydrogen) atoms. The van der Waals surface area contributed by atoms with Crippen LogP contribution in [0.25, 0.3) is 0 Å². The standard InChI is InChI=1S/C14H14Cl2N2/c15-12-8-4-7-11(14(12)16)13(9-17)18-10-5-2-1-3-6-10/h1-8,13,18H,9,17H2. The minimum absolute atomic E-state index is 0.0569. The molecule has 94 valence electrons. The number of anilines is 1.